The summed E-state index contributed by atoms with van der Waals surface area (Å²) in [4.78, 5) is 24.9. The number of hydrogen-bond acceptors (Lipinski definition) is 4. The van der Waals surface area contributed by atoms with Crippen molar-refractivity contribution >= 4 is 11.9 Å². The van der Waals surface area contributed by atoms with Crippen LogP contribution in [0.15, 0.2) is 0 Å². The number of carbonyl (C=O) groups excluding carboxylic acids is 1. The van der Waals surface area contributed by atoms with Gasteiger partial charge in [0.05, 0.1) is 17.4 Å². The Kier molecular flexibility index (Phi) is 16.0. The molecule has 0 aromatic carbocycles. The molecule has 5 heteroatoms. The zero-order valence-electron chi connectivity index (χ0n) is 22.9. The molecule has 0 aliphatic rings. The zero-order valence-corrected chi connectivity index (χ0v) is 22.9. The molecule has 0 heterocycles. The molecular formula is C28H54O5. The second-order valence-electron chi connectivity index (χ2n) is 11.3. The Labute approximate surface area is 204 Å². The molecule has 2 atom stereocenters. The van der Waals surface area contributed by atoms with Gasteiger partial charge in [-0.15, -0.1) is 0 Å². The van der Waals surface area contributed by atoms with Crippen LogP contribution in [-0.4, -0.2) is 37.4 Å². The van der Waals surface area contributed by atoms with E-state index in [-0.39, 0.29) is 24.4 Å². The molecule has 33 heavy (non-hydrogen) atoms. The number of carbonyl (C=O) groups is 2. The van der Waals surface area contributed by atoms with E-state index in [0.29, 0.717) is 13.0 Å². The third-order valence-corrected chi connectivity index (χ3v) is 7.23. The Morgan fingerprint density at radius 3 is 1.73 bits per heavy atom. The van der Waals surface area contributed by atoms with Crippen molar-refractivity contribution in [3.63, 3.8) is 0 Å². The lowest BCUT2D eigenvalue weighted by molar-refractivity contribution is -0.162. The molecule has 2 unspecified atom stereocenters. The number of hydrogen-bond donors (Lipinski definition) is 1. The van der Waals surface area contributed by atoms with Gasteiger partial charge in [0.2, 0.25) is 0 Å². The summed E-state index contributed by atoms with van der Waals surface area (Å²) in [6.45, 7) is 12.5. The zero-order chi connectivity index (χ0) is 25.4. The molecule has 1 N–H and O–H groups in total. The minimum absolute atomic E-state index is 0.0523. The van der Waals surface area contributed by atoms with Crippen LogP contribution in [0.1, 0.15) is 131 Å². The first-order valence-electron chi connectivity index (χ1n) is 13.4. The largest absolute Gasteiger partial charge is 0.481 e. The number of carboxylic acid groups (broad SMARTS) is 1. The molecule has 0 aromatic rings. The molecule has 0 aromatic heterocycles. The Bertz CT molecular complexity index is 544. The summed E-state index contributed by atoms with van der Waals surface area (Å²) in [5.74, 6) is -1.19. The van der Waals surface area contributed by atoms with Gasteiger partial charge in [0.25, 0.3) is 0 Å². The molecule has 0 radical (unpaired) electrons. The quantitative estimate of drug-likeness (QED) is 0.137. The van der Waals surface area contributed by atoms with Crippen molar-refractivity contribution in [2.24, 2.45) is 16.2 Å². The van der Waals surface area contributed by atoms with Gasteiger partial charge >= 0.3 is 11.9 Å². The van der Waals surface area contributed by atoms with Gasteiger partial charge < -0.3 is 14.6 Å². The number of unbranched alkanes of at least 4 members (excludes halogenated alkanes) is 9. The van der Waals surface area contributed by atoms with Gasteiger partial charge in [-0.2, -0.15) is 0 Å². The number of esters is 1. The maximum Gasteiger partial charge on any atom is 0.311 e. The van der Waals surface area contributed by atoms with Crippen LogP contribution >= 0.6 is 0 Å². The summed E-state index contributed by atoms with van der Waals surface area (Å²) in [5.41, 5.74) is -1.90. The van der Waals surface area contributed by atoms with Gasteiger partial charge in [0, 0.05) is 7.11 Å². The van der Waals surface area contributed by atoms with Gasteiger partial charge in [-0.05, 0) is 45.4 Å². The Morgan fingerprint density at radius 1 is 0.758 bits per heavy atom. The van der Waals surface area contributed by atoms with E-state index in [9.17, 15) is 14.7 Å². The first-order valence-corrected chi connectivity index (χ1v) is 13.4. The molecule has 5 nitrogen and oxygen atoms in total. The molecule has 0 saturated heterocycles. The van der Waals surface area contributed by atoms with Gasteiger partial charge in [-0.3, -0.25) is 9.59 Å². The fourth-order valence-corrected chi connectivity index (χ4v) is 5.05. The predicted octanol–water partition coefficient (Wildman–Crippen LogP) is 7.80. The molecule has 0 spiro atoms. The van der Waals surface area contributed by atoms with Crippen LogP contribution in [0.2, 0.25) is 0 Å². The molecule has 0 saturated carbocycles. The minimum Gasteiger partial charge on any atom is -0.481 e. The summed E-state index contributed by atoms with van der Waals surface area (Å²) in [6.07, 6.45) is 15.8. The van der Waals surface area contributed by atoms with Crippen LogP contribution in [0, 0.1) is 16.2 Å². The van der Waals surface area contributed by atoms with E-state index in [1.54, 1.807) is 27.9 Å². The van der Waals surface area contributed by atoms with E-state index < -0.39 is 16.8 Å². The van der Waals surface area contributed by atoms with E-state index >= 15 is 0 Å². The van der Waals surface area contributed by atoms with E-state index in [1.807, 2.05) is 0 Å². The van der Waals surface area contributed by atoms with E-state index in [0.717, 1.165) is 19.3 Å². The number of methoxy groups -OCH3 is 1. The van der Waals surface area contributed by atoms with Gasteiger partial charge in [-0.25, -0.2) is 0 Å². The third-order valence-electron chi connectivity index (χ3n) is 7.23. The SMILES string of the molecule is CCCCCCCCCCCCC(C)(CC)CC(C)(CC(C)(C)C(=O)OCCOC)C(=O)O. The second kappa shape index (κ2) is 16.5. The first kappa shape index (κ1) is 31.9. The molecule has 0 amide bonds. The Morgan fingerprint density at radius 2 is 1.27 bits per heavy atom. The van der Waals surface area contributed by atoms with Crippen molar-refractivity contribution in [1.82, 2.24) is 0 Å². The molecule has 0 rings (SSSR count). The summed E-state index contributed by atoms with van der Waals surface area (Å²) in [6, 6.07) is 0. The fraction of sp³-hybridized carbons (Fsp3) is 0.929. The monoisotopic (exact) mass is 470 g/mol. The molecule has 0 bridgehead atoms. The van der Waals surface area contributed by atoms with Crippen LogP contribution in [-0.2, 0) is 19.1 Å². The normalized spacial score (nSPS) is 15.6. The van der Waals surface area contributed by atoms with Crippen LogP contribution in [0.25, 0.3) is 0 Å². The maximum atomic E-state index is 12.6. The fourth-order valence-electron chi connectivity index (χ4n) is 5.05. The van der Waals surface area contributed by atoms with E-state index in [1.165, 1.54) is 57.8 Å². The number of rotatable bonds is 21. The summed E-state index contributed by atoms with van der Waals surface area (Å²) in [5, 5.41) is 10.1. The molecule has 0 fully saturated rings. The van der Waals surface area contributed by atoms with Crippen molar-refractivity contribution < 1.29 is 24.2 Å². The third kappa shape index (κ3) is 13.4. The number of ether oxygens (including phenoxy) is 2. The van der Waals surface area contributed by atoms with Gasteiger partial charge in [-0.1, -0.05) is 91.4 Å². The lowest BCUT2D eigenvalue weighted by atomic mass is 9.64. The average molecular weight is 471 g/mol. The van der Waals surface area contributed by atoms with Crippen molar-refractivity contribution in [3.05, 3.63) is 0 Å². The van der Waals surface area contributed by atoms with Crippen LogP contribution in [0.5, 0.6) is 0 Å². The first-order chi connectivity index (χ1) is 15.5. The van der Waals surface area contributed by atoms with E-state index in [4.69, 9.17) is 9.47 Å². The standard InChI is InChI=1S/C28H54O5/c1-8-10-11-12-13-14-15-16-17-18-19-27(5,9-2)23-28(6,24(29)30)22-26(3,4)25(31)33-21-20-32-7/h8-23H2,1-7H3,(H,29,30). The van der Waals surface area contributed by atoms with Crippen molar-refractivity contribution in [1.29, 1.82) is 0 Å². The maximum absolute atomic E-state index is 12.6. The van der Waals surface area contributed by atoms with Crippen molar-refractivity contribution in [2.75, 3.05) is 20.3 Å². The highest BCUT2D eigenvalue weighted by Crippen LogP contribution is 2.46. The Balaban J connectivity index is 4.72. The average Bonchev–Trinajstić information content (AvgIpc) is 2.74. The predicted molar refractivity (Wildman–Crippen MR) is 136 cm³/mol. The topological polar surface area (TPSA) is 72.8 Å². The van der Waals surface area contributed by atoms with Crippen molar-refractivity contribution in [2.45, 2.75) is 131 Å². The van der Waals surface area contributed by atoms with E-state index in [2.05, 4.69) is 20.8 Å². The smallest absolute Gasteiger partial charge is 0.311 e. The molecule has 196 valence electrons. The second-order valence-corrected chi connectivity index (χ2v) is 11.3. The Hall–Kier alpha value is -1.10. The molecular weight excluding hydrogens is 416 g/mol. The summed E-state index contributed by atoms with van der Waals surface area (Å²) < 4.78 is 10.3. The lowest BCUT2D eigenvalue weighted by Crippen LogP contribution is -2.41. The summed E-state index contributed by atoms with van der Waals surface area (Å²) in [7, 11) is 1.56. The molecule has 0 aliphatic heterocycles. The highest BCUT2D eigenvalue weighted by molar-refractivity contribution is 5.79. The highest BCUT2D eigenvalue weighted by Gasteiger charge is 2.46. The molecule has 0 aliphatic carbocycles. The number of carboxylic acids is 1. The minimum atomic E-state index is -0.979. The summed E-state index contributed by atoms with van der Waals surface area (Å²) >= 11 is 0. The lowest BCUT2D eigenvalue weighted by Gasteiger charge is -2.40. The van der Waals surface area contributed by atoms with Gasteiger partial charge in [0.15, 0.2) is 0 Å². The van der Waals surface area contributed by atoms with Gasteiger partial charge in [0.1, 0.15) is 6.61 Å². The van der Waals surface area contributed by atoms with Crippen LogP contribution < -0.4 is 0 Å². The van der Waals surface area contributed by atoms with Crippen LogP contribution in [0.4, 0.5) is 0 Å². The number of aliphatic carboxylic acids is 1. The van der Waals surface area contributed by atoms with Crippen LogP contribution in [0.3, 0.4) is 0 Å². The van der Waals surface area contributed by atoms with Crippen molar-refractivity contribution in [3.8, 4) is 0 Å². The highest BCUT2D eigenvalue weighted by atomic mass is 16.6.